The lowest BCUT2D eigenvalue weighted by Gasteiger charge is -2.40. The molecular weight excluding hydrogens is 302 g/mol. The monoisotopic (exact) mass is 329 g/mol. The molecule has 5 nitrogen and oxygen atoms in total. The highest BCUT2D eigenvalue weighted by Gasteiger charge is 2.39. The van der Waals surface area contributed by atoms with Crippen LogP contribution in [-0.2, 0) is 4.79 Å². The van der Waals surface area contributed by atoms with Gasteiger partial charge in [-0.15, -0.1) is 0 Å². The molecule has 1 aromatic carbocycles. The number of carbonyl (C=O) groups excluding carboxylic acids is 2. The minimum absolute atomic E-state index is 0.0389. The molecule has 3 rings (SSSR count). The van der Waals surface area contributed by atoms with Crippen LogP contribution < -0.4 is 11.1 Å². The highest BCUT2D eigenvalue weighted by Crippen LogP contribution is 2.28. The molecule has 0 bridgehead atoms. The van der Waals surface area contributed by atoms with Gasteiger partial charge < -0.3 is 16.0 Å². The number of hydrogen-bond donors (Lipinski definition) is 2. The van der Waals surface area contributed by atoms with E-state index in [9.17, 15) is 9.59 Å². The summed E-state index contributed by atoms with van der Waals surface area (Å²) in [7, 11) is 0. The van der Waals surface area contributed by atoms with Crippen molar-refractivity contribution in [3.8, 4) is 0 Å². The Labute approximate surface area is 143 Å². The van der Waals surface area contributed by atoms with Crippen LogP contribution in [0.3, 0.4) is 0 Å². The second-order valence-corrected chi connectivity index (χ2v) is 7.12. The molecule has 1 aliphatic heterocycles. The first-order chi connectivity index (χ1) is 11.6. The maximum absolute atomic E-state index is 12.7. The van der Waals surface area contributed by atoms with Gasteiger partial charge in [-0.3, -0.25) is 9.59 Å². The summed E-state index contributed by atoms with van der Waals surface area (Å²) < 4.78 is 0. The van der Waals surface area contributed by atoms with E-state index in [4.69, 9.17) is 5.73 Å². The summed E-state index contributed by atoms with van der Waals surface area (Å²) >= 11 is 0. The molecule has 1 aliphatic carbocycles. The largest absolute Gasteiger partial charge is 0.349 e. The van der Waals surface area contributed by atoms with Crippen molar-refractivity contribution in [1.82, 2.24) is 10.2 Å². The number of rotatable bonds is 3. The van der Waals surface area contributed by atoms with E-state index in [1.807, 2.05) is 35.2 Å². The molecule has 0 atom stereocenters. The number of piperidine rings is 1. The molecule has 24 heavy (non-hydrogen) atoms. The number of nitrogens with one attached hydrogen (secondary N) is 1. The first-order valence-electron chi connectivity index (χ1n) is 9.03. The normalized spacial score (nSPS) is 21.3. The maximum Gasteiger partial charge on any atom is 0.251 e. The summed E-state index contributed by atoms with van der Waals surface area (Å²) in [6.45, 7) is 1.36. The van der Waals surface area contributed by atoms with E-state index in [1.165, 1.54) is 6.42 Å². The first kappa shape index (κ1) is 17.0. The second-order valence-electron chi connectivity index (χ2n) is 7.12. The minimum Gasteiger partial charge on any atom is -0.349 e. The molecule has 5 heteroatoms. The molecule has 1 heterocycles. The van der Waals surface area contributed by atoms with Crippen molar-refractivity contribution >= 4 is 11.8 Å². The first-order valence-corrected chi connectivity index (χ1v) is 9.03. The van der Waals surface area contributed by atoms with Crippen molar-refractivity contribution in [2.24, 2.45) is 5.73 Å². The molecule has 0 aromatic heterocycles. The van der Waals surface area contributed by atoms with Gasteiger partial charge in [0.15, 0.2) is 0 Å². The van der Waals surface area contributed by atoms with Gasteiger partial charge in [0.2, 0.25) is 5.91 Å². The standard InChI is InChI=1S/C19H27N3O2/c20-19(11-5-2-6-12-19)18(24)22-13-9-16(10-14-22)21-17(23)15-7-3-1-4-8-15/h1,3-4,7-8,16H,2,5-6,9-14,20H2,(H,21,23). The number of likely N-dealkylation sites (tertiary alicyclic amines) is 1. The number of hydrogen-bond acceptors (Lipinski definition) is 3. The fraction of sp³-hybridized carbons (Fsp3) is 0.579. The van der Waals surface area contributed by atoms with Crippen LogP contribution in [0.1, 0.15) is 55.3 Å². The van der Waals surface area contributed by atoms with Crippen molar-refractivity contribution in [1.29, 1.82) is 0 Å². The summed E-state index contributed by atoms with van der Waals surface area (Å²) in [5.74, 6) is 0.0676. The average molecular weight is 329 g/mol. The van der Waals surface area contributed by atoms with Crippen molar-refractivity contribution < 1.29 is 9.59 Å². The summed E-state index contributed by atoms with van der Waals surface area (Å²) in [5.41, 5.74) is 6.39. The molecule has 2 aliphatic rings. The predicted octanol–water partition coefficient (Wildman–Crippen LogP) is 2.07. The zero-order valence-electron chi connectivity index (χ0n) is 14.2. The van der Waals surface area contributed by atoms with Crippen LogP contribution in [0.25, 0.3) is 0 Å². The molecule has 2 amide bonds. The van der Waals surface area contributed by atoms with E-state index < -0.39 is 5.54 Å². The van der Waals surface area contributed by atoms with Gasteiger partial charge in [-0.25, -0.2) is 0 Å². The number of amides is 2. The van der Waals surface area contributed by atoms with Gasteiger partial charge in [0.05, 0.1) is 5.54 Å². The van der Waals surface area contributed by atoms with Crippen LogP contribution in [0, 0.1) is 0 Å². The third-order valence-electron chi connectivity index (χ3n) is 5.33. The third kappa shape index (κ3) is 3.78. The smallest absolute Gasteiger partial charge is 0.251 e. The minimum atomic E-state index is -0.654. The molecule has 0 spiro atoms. The molecule has 0 unspecified atom stereocenters. The Morgan fingerprint density at radius 1 is 1.04 bits per heavy atom. The van der Waals surface area contributed by atoms with E-state index in [-0.39, 0.29) is 17.9 Å². The topological polar surface area (TPSA) is 75.4 Å². The van der Waals surface area contributed by atoms with E-state index in [2.05, 4.69) is 5.32 Å². The average Bonchev–Trinajstić information content (AvgIpc) is 2.63. The highest BCUT2D eigenvalue weighted by molar-refractivity contribution is 5.94. The quantitative estimate of drug-likeness (QED) is 0.891. The molecule has 1 saturated carbocycles. The molecule has 2 fully saturated rings. The Hall–Kier alpha value is -1.88. The highest BCUT2D eigenvalue weighted by atomic mass is 16.2. The lowest BCUT2D eigenvalue weighted by molar-refractivity contribution is -0.139. The zero-order valence-corrected chi connectivity index (χ0v) is 14.2. The van der Waals surface area contributed by atoms with E-state index >= 15 is 0 Å². The van der Waals surface area contributed by atoms with Crippen LogP contribution >= 0.6 is 0 Å². The molecule has 3 N–H and O–H groups in total. The van der Waals surface area contributed by atoms with Crippen molar-refractivity contribution in [2.45, 2.75) is 56.5 Å². The Balaban J connectivity index is 1.50. The molecule has 1 aromatic rings. The van der Waals surface area contributed by atoms with Crippen LogP contribution in [0.4, 0.5) is 0 Å². The maximum atomic E-state index is 12.7. The van der Waals surface area contributed by atoms with Crippen molar-refractivity contribution in [3.05, 3.63) is 35.9 Å². The van der Waals surface area contributed by atoms with Gasteiger partial charge >= 0.3 is 0 Å². The van der Waals surface area contributed by atoms with Gasteiger partial charge in [0.25, 0.3) is 5.91 Å². The van der Waals surface area contributed by atoms with E-state index in [0.29, 0.717) is 18.7 Å². The Morgan fingerprint density at radius 3 is 2.29 bits per heavy atom. The summed E-state index contributed by atoms with van der Waals surface area (Å²) in [6, 6.07) is 9.38. The van der Waals surface area contributed by atoms with Crippen molar-refractivity contribution in [3.63, 3.8) is 0 Å². The second kappa shape index (κ2) is 7.34. The lowest BCUT2D eigenvalue weighted by Crippen LogP contribution is -2.58. The lowest BCUT2D eigenvalue weighted by atomic mass is 9.81. The van der Waals surface area contributed by atoms with Crippen LogP contribution in [-0.4, -0.2) is 41.4 Å². The third-order valence-corrected chi connectivity index (χ3v) is 5.33. The SMILES string of the molecule is NC1(C(=O)N2CCC(NC(=O)c3ccccc3)CC2)CCCCC1. The Kier molecular flexibility index (Phi) is 5.19. The predicted molar refractivity (Wildman–Crippen MR) is 93.5 cm³/mol. The van der Waals surface area contributed by atoms with E-state index in [0.717, 1.165) is 38.5 Å². The summed E-state index contributed by atoms with van der Waals surface area (Å²) in [4.78, 5) is 26.9. The van der Waals surface area contributed by atoms with Crippen LogP contribution in [0.5, 0.6) is 0 Å². The van der Waals surface area contributed by atoms with Gasteiger partial charge in [-0.1, -0.05) is 37.5 Å². The van der Waals surface area contributed by atoms with E-state index in [1.54, 1.807) is 0 Å². The van der Waals surface area contributed by atoms with Gasteiger partial charge in [-0.05, 0) is 37.8 Å². The molecular formula is C19H27N3O2. The van der Waals surface area contributed by atoms with Crippen LogP contribution in [0.15, 0.2) is 30.3 Å². The van der Waals surface area contributed by atoms with Gasteiger partial charge in [-0.2, -0.15) is 0 Å². The Bertz CT molecular complexity index is 574. The molecule has 130 valence electrons. The number of nitrogens with two attached hydrogens (primary N) is 1. The fourth-order valence-corrected chi connectivity index (χ4v) is 3.80. The number of benzene rings is 1. The number of nitrogens with zero attached hydrogens (tertiary/aromatic N) is 1. The summed E-state index contributed by atoms with van der Waals surface area (Å²) in [6.07, 6.45) is 6.46. The number of carbonyl (C=O) groups is 2. The Morgan fingerprint density at radius 2 is 1.67 bits per heavy atom. The molecule has 0 radical (unpaired) electrons. The molecule has 1 saturated heterocycles. The fourth-order valence-electron chi connectivity index (χ4n) is 3.80. The summed E-state index contributed by atoms with van der Waals surface area (Å²) in [5, 5.41) is 3.08. The van der Waals surface area contributed by atoms with Gasteiger partial charge in [0.1, 0.15) is 0 Å². The van der Waals surface area contributed by atoms with Gasteiger partial charge in [0, 0.05) is 24.7 Å². The zero-order chi connectivity index (χ0) is 17.0. The van der Waals surface area contributed by atoms with Crippen LogP contribution in [0.2, 0.25) is 0 Å². The van der Waals surface area contributed by atoms with Crippen molar-refractivity contribution in [2.75, 3.05) is 13.1 Å².